The van der Waals surface area contributed by atoms with Gasteiger partial charge in [0.05, 0.1) is 19.8 Å². The molecule has 0 saturated carbocycles. The molecule has 1 aromatic heterocycles. The lowest BCUT2D eigenvalue weighted by Crippen LogP contribution is -2.38. The van der Waals surface area contributed by atoms with Gasteiger partial charge in [0, 0.05) is 12.7 Å². The number of hydrogen-bond donors (Lipinski definition) is 1. The van der Waals surface area contributed by atoms with Gasteiger partial charge in [-0.2, -0.15) is 0 Å². The Bertz CT molecular complexity index is 736. The minimum absolute atomic E-state index is 0.146. The second kappa shape index (κ2) is 6.12. The Morgan fingerprint density at radius 2 is 2.13 bits per heavy atom. The highest BCUT2D eigenvalue weighted by molar-refractivity contribution is 5.94. The van der Waals surface area contributed by atoms with Crippen LogP contribution in [-0.4, -0.2) is 35.1 Å². The summed E-state index contributed by atoms with van der Waals surface area (Å²) in [6.07, 6.45) is 1.56. The number of methoxy groups -OCH3 is 1. The van der Waals surface area contributed by atoms with E-state index in [2.05, 4.69) is 10.3 Å². The van der Waals surface area contributed by atoms with E-state index < -0.39 is 5.97 Å². The molecule has 7 heteroatoms. The summed E-state index contributed by atoms with van der Waals surface area (Å²) in [6.45, 7) is 2.49. The first kappa shape index (κ1) is 15.1. The maximum absolute atomic E-state index is 12.2. The van der Waals surface area contributed by atoms with Crippen LogP contribution in [-0.2, 0) is 11.3 Å². The van der Waals surface area contributed by atoms with Gasteiger partial charge in [0.25, 0.3) is 5.91 Å². The molecule has 1 atom stereocenters. The standard InChI is InChI=1S/C16H17N3O4/c1-3-23-16(21)13-9-19-8-12(18-15(20)14(19)17-13)10-4-6-11(22-2)7-5-10/h4-7,9,12H,3,8H2,1-2H3,(H,18,20)/t12-/m0/s1. The van der Waals surface area contributed by atoms with E-state index in [1.807, 2.05) is 24.3 Å². The number of carbonyl (C=O) groups is 2. The lowest BCUT2D eigenvalue weighted by molar-refractivity contribution is 0.0520. The van der Waals surface area contributed by atoms with E-state index in [1.165, 1.54) is 0 Å². The molecule has 0 fully saturated rings. The van der Waals surface area contributed by atoms with Gasteiger partial charge in [-0.15, -0.1) is 0 Å². The summed E-state index contributed by atoms with van der Waals surface area (Å²) in [7, 11) is 1.60. The summed E-state index contributed by atoms with van der Waals surface area (Å²) in [5, 5.41) is 2.90. The fraction of sp³-hybridized carbons (Fsp3) is 0.312. The first-order valence-corrected chi connectivity index (χ1v) is 7.31. The van der Waals surface area contributed by atoms with E-state index in [9.17, 15) is 9.59 Å². The summed E-state index contributed by atoms with van der Waals surface area (Å²) >= 11 is 0. The quantitative estimate of drug-likeness (QED) is 0.866. The lowest BCUT2D eigenvalue weighted by Gasteiger charge is -2.25. The van der Waals surface area contributed by atoms with Crippen molar-refractivity contribution in [3.8, 4) is 5.75 Å². The van der Waals surface area contributed by atoms with Crippen LogP contribution >= 0.6 is 0 Å². The normalized spacial score (nSPS) is 16.4. The van der Waals surface area contributed by atoms with Crippen molar-refractivity contribution in [2.24, 2.45) is 0 Å². The summed E-state index contributed by atoms with van der Waals surface area (Å²) in [5.74, 6) is 0.137. The number of nitrogens with one attached hydrogen (secondary N) is 1. The first-order chi connectivity index (χ1) is 11.1. The van der Waals surface area contributed by atoms with E-state index in [1.54, 1.807) is 24.8 Å². The Morgan fingerprint density at radius 3 is 2.78 bits per heavy atom. The van der Waals surface area contributed by atoms with Gasteiger partial charge in [-0.05, 0) is 24.6 Å². The van der Waals surface area contributed by atoms with Crippen molar-refractivity contribution >= 4 is 11.9 Å². The predicted molar refractivity (Wildman–Crippen MR) is 81.4 cm³/mol. The number of hydrogen-bond acceptors (Lipinski definition) is 5. The van der Waals surface area contributed by atoms with Crippen LogP contribution in [0.15, 0.2) is 30.5 Å². The van der Waals surface area contributed by atoms with Gasteiger partial charge >= 0.3 is 5.97 Å². The molecule has 7 nitrogen and oxygen atoms in total. The topological polar surface area (TPSA) is 82.5 Å². The number of amides is 1. The van der Waals surface area contributed by atoms with E-state index >= 15 is 0 Å². The number of aromatic nitrogens is 2. The SMILES string of the molecule is CCOC(=O)c1cn2c(n1)C(=O)N[C@H](c1ccc(OC)cc1)C2. The fourth-order valence-corrected chi connectivity index (χ4v) is 2.53. The summed E-state index contributed by atoms with van der Waals surface area (Å²) < 4.78 is 11.7. The van der Waals surface area contributed by atoms with Crippen molar-refractivity contribution in [1.82, 2.24) is 14.9 Å². The molecule has 1 aliphatic rings. The van der Waals surface area contributed by atoms with Crippen LogP contribution in [0.1, 0.15) is 39.6 Å². The van der Waals surface area contributed by atoms with Gasteiger partial charge in [0.1, 0.15) is 5.75 Å². The number of carbonyl (C=O) groups excluding carboxylic acids is 2. The lowest BCUT2D eigenvalue weighted by atomic mass is 10.1. The predicted octanol–water partition coefficient (Wildman–Crippen LogP) is 1.55. The number of fused-ring (bicyclic) bond motifs is 1. The van der Waals surface area contributed by atoms with Crippen LogP contribution < -0.4 is 10.1 Å². The summed E-state index contributed by atoms with van der Waals surface area (Å²) in [5.41, 5.74) is 1.10. The monoisotopic (exact) mass is 315 g/mol. The average Bonchev–Trinajstić information content (AvgIpc) is 3.00. The van der Waals surface area contributed by atoms with Crippen LogP contribution in [0.3, 0.4) is 0 Å². The number of ether oxygens (including phenoxy) is 2. The third-order valence-electron chi connectivity index (χ3n) is 3.67. The number of benzene rings is 1. The number of imidazole rings is 1. The molecule has 2 aromatic rings. The molecular weight excluding hydrogens is 298 g/mol. The van der Waals surface area contributed by atoms with Crippen molar-refractivity contribution in [2.75, 3.05) is 13.7 Å². The first-order valence-electron chi connectivity index (χ1n) is 7.31. The fourth-order valence-electron chi connectivity index (χ4n) is 2.53. The Balaban J connectivity index is 1.84. The molecule has 0 bridgehead atoms. The van der Waals surface area contributed by atoms with Crippen molar-refractivity contribution in [2.45, 2.75) is 19.5 Å². The molecule has 0 radical (unpaired) electrons. The largest absolute Gasteiger partial charge is 0.497 e. The third-order valence-corrected chi connectivity index (χ3v) is 3.67. The Labute approximate surface area is 133 Å². The zero-order valence-electron chi connectivity index (χ0n) is 12.9. The molecule has 120 valence electrons. The molecule has 1 amide bonds. The van der Waals surface area contributed by atoms with Gasteiger partial charge in [-0.3, -0.25) is 4.79 Å². The maximum atomic E-state index is 12.2. The van der Waals surface area contributed by atoms with E-state index in [0.29, 0.717) is 6.54 Å². The molecule has 0 aliphatic carbocycles. The molecule has 3 rings (SSSR count). The minimum atomic E-state index is -0.525. The highest BCUT2D eigenvalue weighted by Crippen LogP contribution is 2.23. The highest BCUT2D eigenvalue weighted by Gasteiger charge is 2.29. The molecule has 0 spiro atoms. The summed E-state index contributed by atoms with van der Waals surface area (Å²) in [4.78, 5) is 28.0. The van der Waals surface area contributed by atoms with Crippen molar-refractivity contribution in [1.29, 1.82) is 0 Å². The van der Waals surface area contributed by atoms with Gasteiger partial charge in [0.15, 0.2) is 11.5 Å². The molecular formula is C16H17N3O4. The number of rotatable bonds is 4. The molecule has 1 aliphatic heterocycles. The second-order valence-electron chi connectivity index (χ2n) is 5.12. The van der Waals surface area contributed by atoms with Crippen LogP contribution in [0.4, 0.5) is 0 Å². The van der Waals surface area contributed by atoms with Gasteiger partial charge < -0.3 is 19.4 Å². The average molecular weight is 315 g/mol. The zero-order valence-corrected chi connectivity index (χ0v) is 12.9. The third kappa shape index (κ3) is 2.90. The molecule has 2 heterocycles. The summed E-state index contributed by atoms with van der Waals surface area (Å²) in [6, 6.07) is 7.30. The highest BCUT2D eigenvalue weighted by atomic mass is 16.5. The Kier molecular flexibility index (Phi) is 4.01. The van der Waals surface area contributed by atoms with E-state index in [0.717, 1.165) is 11.3 Å². The van der Waals surface area contributed by atoms with Gasteiger partial charge in [-0.25, -0.2) is 9.78 Å². The number of esters is 1. The van der Waals surface area contributed by atoms with Crippen LogP contribution in [0.5, 0.6) is 5.75 Å². The smallest absolute Gasteiger partial charge is 0.358 e. The van der Waals surface area contributed by atoms with Crippen molar-refractivity contribution in [3.05, 3.63) is 47.5 Å². The Hall–Kier alpha value is -2.83. The molecule has 1 aromatic carbocycles. The van der Waals surface area contributed by atoms with E-state index in [4.69, 9.17) is 9.47 Å². The molecule has 0 unspecified atom stereocenters. The molecule has 1 N–H and O–H groups in total. The van der Waals surface area contributed by atoms with E-state index in [-0.39, 0.29) is 30.1 Å². The minimum Gasteiger partial charge on any atom is -0.497 e. The molecule has 0 saturated heterocycles. The van der Waals surface area contributed by atoms with Gasteiger partial charge in [0.2, 0.25) is 0 Å². The van der Waals surface area contributed by atoms with Crippen LogP contribution in [0.25, 0.3) is 0 Å². The van der Waals surface area contributed by atoms with Crippen molar-refractivity contribution < 1.29 is 19.1 Å². The van der Waals surface area contributed by atoms with Gasteiger partial charge in [-0.1, -0.05) is 12.1 Å². The second-order valence-corrected chi connectivity index (χ2v) is 5.12. The zero-order chi connectivity index (χ0) is 16.4. The van der Waals surface area contributed by atoms with Crippen molar-refractivity contribution in [3.63, 3.8) is 0 Å². The maximum Gasteiger partial charge on any atom is 0.358 e. The van der Waals surface area contributed by atoms with Crippen LogP contribution in [0.2, 0.25) is 0 Å². The number of nitrogens with zero attached hydrogens (tertiary/aromatic N) is 2. The molecule has 23 heavy (non-hydrogen) atoms. The van der Waals surface area contributed by atoms with Crippen LogP contribution in [0, 0.1) is 0 Å². The Morgan fingerprint density at radius 1 is 1.39 bits per heavy atom.